The van der Waals surface area contributed by atoms with Gasteiger partial charge in [-0.2, -0.15) is 0 Å². The molecule has 0 radical (unpaired) electrons. The molecule has 1 spiro atoms. The lowest BCUT2D eigenvalue weighted by atomic mass is 9.89. The maximum Gasteiger partial charge on any atom is 0.0900 e. The third kappa shape index (κ3) is 0.839. The summed E-state index contributed by atoms with van der Waals surface area (Å²) in [6.07, 6.45) is 10.9. The molecule has 6 atom stereocenters. The van der Waals surface area contributed by atoms with Gasteiger partial charge in [0.2, 0.25) is 0 Å². The van der Waals surface area contributed by atoms with Crippen LogP contribution >= 0.6 is 0 Å². The highest BCUT2D eigenvalue weighted by Crippen LogP contribution is 2.85. The quantitative estimate of drug-likeness (QED) is 0.694. The van der Waals surface area contributed by atoms with Crippen LogP contribution < -0.4 is 0 Å². The molecule has 0 heterocycles. The van der Waals surface area contributed by atoms with E-state index in [0.29, 0.717) is 30.0 Å². The van der Waals surface area contributed by atoms with E-state index in [2.05, 4.69) is 18.7 Å². The fourth-order valence-corrected chi connectivity index (χ4v) is 5.64. The average molecular weight is 232 g/mol. The Bertz CT molecular complexity index is 402. The molecule has 2 nitrogen and oxygen atoms in total. The predicted molar refractivity (Wildman–Crippen MR) is 65.6 cm³/mol. The van der Waals surface area contributed by atoms with Crippen molar-refractivity contribution in [1.29, 1.82) is 0 Å². The van der Waals surface area contributed by atoms with Crippen molar-refractivity contribution in [2.24, 2.45) is 23.2 Å². The molecule has 1 unspecified atom stereocenters. The van der Waals surface area contributed by atoms with E-state index in [9.17, 15) is 0 Å². The van der Waals surface area contributed by atoms with Crippen molar-refractivity contribution in [1.82, 2.24) is 0 Å². The highest BCUT2D eigenvalue weighted by Gasteiger charge is 2.90. The molecule has 0 aromatic heterocycles. The van der Waals surface area contributed by atoms with Crippen molar-refractivity contribution in [3.8, 4) is 0 Å². The smallest absolute Gasteiger partial charge is 0.0900 e. The van der Waals surface area contributed by atoms with Gasteiger partial charge in [0.05, 0.1) is 18.3 Å². The maximum absolute atomic E-state index is 6.06. The van der Waals surface area contributed by atoms with Crippen LogP contribution in [0.25, 0.3) is 0 Å². The monoisotopic (exact) mass is 232 g/mol. The Hall–Kier alpha value is -0.600. The van der Waals surface area contributed by atoms with E-state index in [1.807, 2.05) is 13.2 Å². The van der Waals surface area contributed by atoms with Gasteiger partial charge < -0.3 is 9.47 Å². The topological polar surface area (TPSA) is 18.5 Å². The second kappa shape index (κ2) is 3.04. The van der Waals surface area contributed by atoms with Crippen LogP contribution in [0.5, 0.6) is 0 Å². The van der Waals surface area contributed by atoms with Gasteiger partial charge in [-0.05, 0) is 25.2 Å². The Morgan fingerprint density at radius 1 is 1.41 bits per heavy atom. The van der Waals surface area contributed by atoms with Gasteiger partial charge in [-0.15, -0.1) is 6.58 Å². The minimum atomic E-state index is 0.111. The molecular weight excluding hydrogens is 212 g/mol. The molecule has 3 fully saturated rings. The average Bonchev–Trinajstić information content (AvgIpc) is 2.59. The lowest BCUT2D eigenvalue weighted by Gasteiger charge is -2.25. The third-order valence-corrected chi connectivity index (χ3v) is 5.93. The zero-order valence-electron chi connectivity index (χ0n) is 10.4. The Labute approximate surface area is 103 Å². The molecule has 0 aromatic rings. The van der Waals surface area contributed by atoms with Crippen LogP contribution in [-0.2, 0) is 9.47 Å². The molecule has 0 N–H and O–H groups in total. The Morgan fingerprint density at radius 3 is 3.00 bits per heavy atom. The van der Waals surface area contributed by atoms with Crippen molar-refractivity contribution in [2.75, 3.05) is 13.7 Å². The summed E-state index contributed by atoms with van der Waals surface area (Å²) in [7, 11) is 1.90. The molecule has 92 valence electrons. The van der Waals surface area contributed by atoms with Crippen LogP contribution in [0.15, 0.2) is 24.8 Å². The largest absolute Gasteiger partial charge is 0.376 e. The van der Waals surface area contributed by atoms with Gasteiger partial charge in [0.1, 0.15) is 0 Å². The Balaban J connectivity index is 1.71. The Morgan fingerprint density at radius 2 is 2.29 bits per heavy atom. The molecular formula is C15H20O2. The maximum atomic E-state index is 6.06. The molecule has 0 aromatic carbocycles. The number of rotatable bonds is 4. The first-order valence-corrected chi connectivity index (χ1v) is 6.78. The summed E-state index contributed by atoms with van der Waals surface area (Å²) in [5.41, 5.74) is 0.435. The third-order valence-electron chi connectivity index (χ3n) is 5.93. The minimum Gasteiger partial charge on any atom is -0.376 e. The fourth-order valence-electron chi connectivity index (χ4n) is 5.64. The van der Waals surface area contributed by atoms with Gasteiger partial charge in [0, 0.05) is 24.4 Å². The van der Waals surface area contributed by atoms with Crippen LogP contribution in [0.4, 0.5) is 0 Å². The first-order valence-electron chi connectivity index (χ1n) is 6.78. The van der Waals surface area contributed by atoms with Crippen LogP contribution in [0, 0.1) is 23.2 Å². The van der Waals surface area contributed by atoms with E-state index < -0.39 is 0 Å². The van der Waals surface area contributed by atoms with Crippen LogP contribution in [0.2, 0.25) is 0 Å². The highest BCUT2D eigenvalue weighted by atomic mass is 16.5. The second-order valence-electron chi connectivity index (χ2n) is 6.02. The molecule has 17 heavy (non-hydrogen) atoms. The molecule has 0 aliphatic heterocycles. The highest BCUT2D eigenvalue weighted by molar-refractivity contribution is 5.46. The van der Waals surface area contributed by atoms with Crippen molar-refractivity contribution >= 4 is 0 Å². The number of methoxy groups -OCH3 is 1. The van der Waals surface area contributed by atoms with Gasteiger partial charge in [-0.25, -0.2) is 0 Å². The lowest BCUT2D eigenvalue weighted by molar-refractivity contribution is -0.0298. The summed E-state index contributed by atoms with van der Waals surface area (Å²) in [5, 5.41) is 0. The van der Waals surface area contributed by atoms with Gasteiger partial charge >= 0.3 is 0 Å². The summed E-state index contributed by atoms with van der Waals surface area (Å²) in [5.74, 6) is 2.10. The molecule has 4 aliphatic carbocycles. The van der Waals surface area contributed by atoms with Crippen LogP contribution in [-0.4, -0.2) is 25.4 Å². The van der Waals surface area contributed by atoms with Crippen molar-refractivity contribution < 1.29 is 9.47 Å². The number of ether oxygens (including phenoxy) is 2. The summed E-state index contributed by atoms with van der Waals surface area (Å²) >= 11 is 0. The Kier molecular flexibility index (Phi) is 1.85. The molecule has 4 rings (SSSR count). The minimum absolute atomic E-state index is 0.111. The predicted octanol–water partition coefficient (Wildman–Crippen LogP) is 2.56. The van der Waals surface area contributed by atoms with Gasteiger partial charge in [0.15, 0.2) is 0 Å². The second-order valence-corrected chi connectivity index (χ2v) is 6.02. The van der Waals surface area contributed by atoms with E-state index in [-0.39, 0.29) is 5.60 Å². The van der Waals surface area contributed by atoms with E-state index in [1.54, 1.807) is 0 Å². The molecule has 4 aliphatic rings. The first-order chi connectivity index (χ1) is 8.32. The summed E-state index contributed by atoms with van der Waals surface area (Å²) in [6, 6.07) is 0. The van der Waals surface area contributed by atoms with Crippen molar-refractivity contribution in [3.05, 3.63) is 24.8 Å². The van der Waals surface area contributed by atoms with Gasteiger partial charge in [-0.3, -0.25) is 0 Å². The van der Waals surface area contributed by atoms with Crippen molar-refractivity contribution in [2.45, 2.75) is 31.0 Å². The first kappa shape index (κ1) is 10.3. The molecule has 0 amide bonds. The fraction of sp³-hybridized carbons (Fsp3) is 0.733. The standard InChI is InChI=1S/C15H20O2/c1-3-8-17-13-7-5-10-9-11-4-6-12-14(10,13)15(11,12)16-2/h3-4,6,10-13H,1,5,7-9H2,2H3/t10-,11+,12+,13+,14-,15?/m0/s1. The van der Waals surface area contributed by atoms with Crippen molar-refractivity contribution in [3.63, 3.8) is 0 Å². The van der Waals surface area contributed by atoms with Gasteiger partial charge in [0.25, 0.3) is 0 Å². The van der Waals surface area contributed by atoms with E-state index in [1.165, 1.54) is 19.3 Å². The SMILES string of the molecule is C=CCO[C@@H]1CC[C@H]2C[C@H]3C=C[C@H]4C3(OC)[C@]214. The van der Waals surface area contributed by atoms with E-state index in [0.717, 1.165) is 5.92 Å². The summed E-state index contributed by atoms with van der Waals surface area (Å²) in [4.78, 5) is 0. The van der Waals surface area contributed by atoms with Crippen LogP contribution in [0.1, 0.15) is 19.3 Å². The normalized spacial score (nSPS) is 57.0. The molecule has 0 bridgehead atoms. The zero-order chi connectivity index (χ0) is 11.7. The molecule has 3 saturated carbocycles. The van der Waals surface area contributed by atoms with Crippen LogP contribution in [0.3, 0.4) is 0 Å². The van der Waals surface area contributed by atoms with E-state index >= 15 is 0 Å². The number of hydrogen-bond acceptors (Lipinski definition) is 2. The summed E-state index contributed by atoms with van der Waals surface area (Å²) < 4.78 is 12.1. The van der Waals surface area contributed by atoms with E-state index in [4.69, 9.17) is 9.47 Å². The molecule has 0 saturated heterocycles. The lowest BCUT2D eigenvalue weighted by Crippen LogP contribution is -2.32. The van der Waals surface area contributed by atoms with Gasteiger partial charge in [-0.1, -0.05) is 18.2 Å². The zero-order valence-corrected chi connectivity index (χ0v) is 10.4. The summed E-state index contributed by atoms with van der Waals surface area (Å²) in [6.45, 7) is 4.44. The number of hydrogen-bond donors (Lipinski definition) is 0. The molecule has 2 heteroatoms.